The van der Waals surface area contributed by atoms with Gasteiger partial charge in [0.25, 0.3) is 0 Å². The van der Waals surface area contributed by atoms with Crippen LogP contribution < -0.4 is 0 Å². The Morgan fingerprint density at radius 3 is 1.69 bits per heavy atom. The molecule has 0 bridgehead atoms. The number of aromatic nitrogens is 3. The number of hydrogen-bond donors (Lipinski definition) is 0. The van der Waals surface area contributed by atoms with E-state index in [2.05, 4.69) is 146 Å². The number of para-hydroxylation sites is 1. The molecule has 0 aliphatic heterocycles. The van der Waals surface area contributed by atoms with Gasteiger partial charge in [-0.05, 0) is 74.0 Å². The monoisotopic (exact) mass is 703 g/mol. The van der Waals surface area contributed by atoms with Crippen molar-refractivity contribution < 1.29 is 4.42 Å². The molecule has 55 heavy (non-hydrogen) atoms. The Labute approximate surface area is 318 Å². The lowest BCUT2D eigenvalue weighted by molar-refractivity contribution is 0.667. The van der Waals surface area contributed by atoms with Crippen molar-refractivity contribution in [3.8, 4) is 45.3 Å². The fourth-order valence-corrected chi connectivity index (χ4v) is 8.43. The van der Waals surface area contributed by atoms with Gasteiger partial charge < -0.3 is 4.42 Å². The number of nitrogens with zero attached hydrogens (tertiary/aromatic N) is 3. The van der Waals surface area contributed by atoms with Crippen LogP contribution in [0.25, 0.3) is 94.8 Å². The molecule has 0 fully saturated rings. The average Bonchev–Trinajstić information content (AvgIpc) is 3.65. The van der Waals surface area contributed by atoms with E-state index in [1.807, 2.05) is 36.4 Å². The van der Waals surface area contributed by atoms with Gasteiger partial charge in [-0.25, -0.2) is 15.0 Å². The van der Waals surface area contributed by atoms with E-state index in [-0.39, 0.29) is 5.92 Å². The fourth-order valence-electron chi connectivity index (χ4n) is 8.43. The summed E-state index contributed by atoms with van der Waals surface area (Å²) in [7, 11) is 0. The van der Waals surface area contributed by atoms with Crippen LogP contribution in [0.15, 0.2) is 180 Å². The first-order chi connectivity index (χ1) is 27.2. The summed E-state index contributed by atoms with van der Waals surface area (Å²) in [6, 6.07) is 59.4. The first kappa shape index (κ1) is 31.4. The molecule has 1 aliphatic rings. The maximum absolute atomic E-state index is 6.63. The number of allylic oxidation sites excluding steroid dienone is 1. The summed E-state index contributed by atoms with van der Waals surface area (Å²) in [5.74, 6) is 1.99. The van der Waals surface area contributed by atoms with Crippen LogP contribution in [0.4, 0.5) is 0 Å². The molecule has 10 aromatic rings. The highest BCUT2D eigenvalue weighted by Gasteiger charge is 2.25. The van der Waals surface area contributed by atoms with Crippen LogP contribution in [0, 0.1) is 0 Å². The lowest BCUT2D eigenvalue weighted by atomic mass is 9.80. The lowest BCUT2D eigenvalue weighted by Crippen LogP contribution is -2.08. The zero-order valence-corrected chi connectivity index (χ0v) is 29.9. The minimum absolute atomic E-state index is 0.119. The predicted octanol–water partition coefficient (Wildman–Crippen LogP) is 13.1. The van der Waals surface area contributed by atoms with Crippen LogP contribution in [-0.2, 0) is 6.42 Å². The van der Waals surface area contributed by atoms with Crippen molar-refractivity contribution in [2.45, 2.75) is 12.3 Å². The van der Waals surface area contributed by atoms with Gasteiger partial charge in [0.1, 0.15) is 11.2 Å². The summed E-state index contributed by atoms with van der Waals surface area (Å²) in [6.45, 7) is 0. The van der Waals surface area contributed by atoms with Crippen molar-refractivity contribution in [1.29, 1.82) is 0 Å². The molecule has 4 nitrogen and oxygen atoms in total. The summed E-state index contributed by atoms with van der Waals surface area (Å²) >= 11 is 0. The highest BCUT2D eigenvalue weighted by Crippen LogP contribution is 2.43. The van der Waals surface area contributed by atoms with Gasteiger partial charge in [-0.1, -0.05) is 164 Å². The molecule has 11 rings (SSSR count). The Kier molecular flexibility index (Phi) is 7.27. The second-order valence-corrected chi connectivity index (χ2v) is 14.3. The molecular weight excluding hydrogens is 671 g/mol. The molecule has 0 saturated carbocycles. The topological polar surface area (TPSA) is 51.8 Å². The van der Waals surface area contributed by atoms with Crippen LogP contribution in [0.2, 0.25) is 0 Å². The molecule has 258 valence electrons. The van der Waals surface area contributed by atoms with Crippen LogP contribution in [-0.4, -0.2) is 15.0 Å². The van der Waals surface area contributed by atoms with Crippen LogP contribution >= 0.6 is 0 Å². The van der Waals surface area contributed by atoms with Gasteiger partial charge in [-0.15, -0.1) is 0 Å². The van der Waals surface area contributed by atoms with Crippen molar-refractivity contribution >= 4 is 49.6 Å². The summed E-state index contributed by atoms with van der Waals surface area (Å²) in [4.78, 5) is 15.5. The second kappa shape index (κ2) is 12.8. The van der Waals surface area contributed by atoms with Gasteiger partial charge >= 0.3 is 0 Å². The summed E-state index contributed by atoms with van der Waals surface area (Å²) in [5, 5.41) is 7.23. The summed E-state index contributed by atoms with van der Waals surface area (Å²) < 4.78 is 6.63. The van der Waals surface area contributed by atoms with Crippen molar-refractivity contribution in [2.24, 2.45) is 0 Å². The van der Waals surface area contributed by atoms with E-state index < -0.39 is 0 Å². The standard InChI is InChI=1S/C51H33N3O/c1-3-13-32(14-4-1)33-23-25-35(26-24-33)50-52-49(34-15-5-2-6-16-34)53-51(54-50)45-30-37(31-47-48(45)43-21-11-12-22-46(43)55-47)36-27-28-42-40-19-8-7-17-38(40)39-18-9-10-20-41(39)44(42)29-36/h1-28,30-31,36H,29H2. The van der Waals surface area contributed by atoms with Crippen molar-refractivity contribution in [3.05, 3.63) is 193 Å². The molecule has 2 heterocycles. The van der Waals surface area contributed by atoms with E-state index in [0.717, 1.165) is 56.2 Å². The van der Waals surface area contributed by atoms with Crippen LogP contribution in [0.3, 0.4) is 0 Å². The Morgan fingerprint density at radius 1 is 0.436 bits per heavy atom. The van der Waals surface area contributed by atoms with E-state index in [0.29, 0.717) is 17.5 Å². The number of hydrogen-bond acceptors (Lipinski definition) is 4. The number of rotatable bonds is 5. The Morgan fingerprint density at radius 2 is 0.964 bits per heavy atom. The maximum Gasteiger partial charge on any atom is 0.164 e. The second-order valence-electron chi connectivity index (χ2n) is 14.3. The Balaban J connectivity index is 1.11. The van der Waals surface area contributed by atoms with Gasteiger partial charge in [-0.3, -0.25) is 0 Å². The molecule has 0 spiro atoms. The van der Waals surface area contributed by atoms with E-state index in [1.54, 1.807) is 0 Å². The fraction of sp³-hybridized carbons (Fsp3) is 0.0392. The molecular formula is C51H33N3O. The third-order valence-electron chi connectivity index (χ3n) is 11.1. The van der Waals surface area contributed by atoms with Gasteiger partial charge in [0, 0.05) is 33.4 Å². The number of furan rings is 1. The van der Waals surface area contributed by atoms with Gasteiger partial charge in [0.2, 0.25) is 0 Å². The first-order valence-corrected chi connectivity index (χ1v) is 18.8. The van der Waals surface area contributed by atoms with E-state index in [9.17, 15) is 0 Å². The van der Waals surface area contributed by atoms with Crippen LogP contribution in [0.1, 0.15) is 22.6 Å². The number of benzene rings is 8. The minimum atomic E-state index is 0.119. The molecule has 0 saturated heterocycles. The molecule has 0 radical (unpaired) electrons. The minimum Gasteiger partial charge on any atom is -0.456 e. The van der Waals surface area contributed by atoms with Crippen molar-refractivity contribution in [1.82, 2.24) is 15.0 Å². The van der Waals surface area contributed by atoms with Crippen molar-refractivity contribution in [2.75, 3.05) is 0 Å². The van der Waals surface area contributed by atoms with Gasteiger partial charge in [0.15, 0.2) is 17.5 Å². The van der Waals surface area contributed by atoms with E-state index >= 15 is 0 Å². The predicted molar refractivity (Wildman–Crippen MR) is 226 cm³/mol. The van der Waals surface area contributed by atoms with Gasteiger partial charge in [0.05, 0.1) is 0 Å². The summed E-state index contributed by atoms with van der Waals surface area (Å²) in [6.07, 6.45) is 5.56. The molecule has 4 heteroatoms. The zero-order valence-electron chi connectivity index (χ0n) is 29.9. The molecule has 1 aliphatic carbocycles. The smallest absolute Gasteiger partial charge is 0.164 e. The number of fused-ring (bicyclic) bond motifs is 9. The average molecular weight is 704 g/mol. The van der Waals surface area contributed by atoms with Gasteiger partial charge in [-0.2, -0.15) is 0 Å². The van der Waals surface area contributed by atoms with E-state index in [1.165, 1.54) is 38.2 Å². The molecule has 8 aromatic carbocycles. The molecule has 0 N–H and O–H groups in total. The molecule has 2 aromatic heterocycles. The largest absolute Gasteiger partial charge is 0.456 e. The first-order valence-electron chi connectivity index (χ1n) is 18.8. The quantitative estimate of drug-likeness (QED) is 0.167. The third kappa shape index (κ3) is 5.33. The zero-order chi connectivity index (χ0) is 36.3. The SMILES string of the molecule is C1=CC(c2cc(-c3nc(-c4ccccc4)nc(-c4ccc(-c5ccccc5)cc4)n3)c3c(c2)oc2ccccc23)Cc2c1c1ccccc1c1ccccc21. The highest BCUT2D eigenvalue weighted by atomic mass is 16.3. The molecule has 0 amide bonds. The Hall–Kier alpha value is -7.17. The molecule has 1 unspecified atom stereocenters. The maximum atomic E-state index is 6.63. The highest BCUT2D eigenvalue weighted by molar-refractivity contribution is 6.14. The van der Waals surface area contributed by atoms with Crippen LogP contribution in [0.5, 0.6) is 0 Å². The Bertz CT molecular complexity index is 3110. The normalized spacial score (nSPS) is 13.9. The summed E-state index contributed by atoms with van der Waals surface area (Å²) in [5.41, 5.74) is 10.6. The third-order valence-corrected chi connectivity index (χ3v) is 11.1. The molecule has 1 atom stereocenters. The van der Waals surface area contributed by atoms with E-state index in [4.69, 9.17) is 19.4 Å². The lowest BCUT2D eigenvalue weighted by Gasteiger charge is -2.24. The van der Waals surface area contributed by atoms with Crippen molar-refractivity contribution in [3.63, 3.8) is 0 Å².